The largest absolute Gasteiger partial charge is 0.456 e. The van der Waals surface area contributed by atoms with Crippen LogP contribution in [0.15, 0.2) is 206 Å². The summed E-state index contributed by atoms with van der Waals surface area (Å²) in [7, 11) is 0. The summed E-state index contributed by atoms with van der Waals surface area (Å²) in [4.78, 5) is 14.8. The Morgan fingerprint density at radius 1 is 0.397 bits per heavy atom. The molecule has 2 heterocycles. The van der Waals surface area contributed by atoms with Gasteiger partial charge >= 0.3 is 0 Å². The summed E-state index contributed by atoms with van der Waals surface area (Å²) >= 11 is 0. The van der Waals surface area contributed by atoms with Crippen molar-refractivity contribution in [3.63, 3.8) is 0 Å². The van der Waals surface area contributed by atoms with E-state index in [-0.39, 0.29) is 0 Å². The molecule has 0 fully saturated rings. The highest BCUT2D eigenvalue weighted by Crippen LogP contribution is 2.57. The van der Waals surface area contributed by atoms with Gasteiger partial charge in [-0.2, -0.15) is 5.26 Å². The van der Waals surface area contributed by atoms with Crippen molar-refractivity contribution >= 4 is 0 Å². The number of nitrogens with zero attached hydrogens (tertiary/aromatic N) is 4. The van der Waals surface area contributed by atoms with Gasteiger partial charge in [0.1, 0.15) is 11.5 Å². The van der Waals surface area contributed by atoms with Gasteiger partial charge in [0.2, 0.25) is 0 Å². The van der Waals surface area contributed by atoms with E-state index in [0.717, 1.165) is 61.6 Å². The fraction of sp³-hybridized carbons (Fsp3) is 0.0189. The first kappa shape index (κ1) is 34.5. The normalized spacial score (nSPS) is 12.4. The highest BCUT2D eigenvalue weighted by molar-refractivity contribution is 5.83. The summed E-state index contributed by atoms with van der Waals surface area (Å²) in [5.74, 6) is 3.36. The summed E-state index contributed by atoms with van der Waals surface area (Å²) in [6.45, 7) is 0. The molecule has 272 valence electrons. The second kappa shape index (κ2) is 14.6. The maximum atomic E-state index is 9.38. The number of rotatable bonds is 7. The minimum absolute atomic E-state index is 0.540. The average molecular weight is 743 g/mol. The van der Waals surface area contributed by atoms with Crippen molar-refractivity contribution in [3.8, 4) is 74.0 Å². The molecule has 5 heteroatoms. The molecule has 58 heavy (non-hydrogen) atoms. The third-order valence-corrected chi connectivity index (χ3v) is 10.9. The van der Waals surface area contributed by atoms with Crippen molar-refractivity contribution in [2.24, 2.45) is 0 Å². The highest BCUT2D eigenvalue weighted by atomic mass is 16.5. The average Bonchev–Trinajstić information content (AvgIpc) is 3.31. The molecular weight excluding hydrogens is 709 g/mol. The van der Waals surface area contributed by atoms with E-state index in [1.54, 1.807) is 12.1 Å². The van der Waals surface area contributed by atoms with Gasteiger partial charge < -0.3 is 4.74 Å². The predicted octanol–water partition coefficient (Wildman–Crippen LogP) is 12.6. The molecule has 0 saturated heterocycles. The zero-order valence-corrected chi connectivity index (χ0v) is 31.3. The summed E-state index contributed by atoms with van der Waals surface area (Å²) in [6, 6.07) is 72.8. The van der Waals surface area contributed by atoms with Crippen molar-refractivity contribution in [3.05, 3.63) is 234 Å². The molecule has 8 aromatic carbocycles. The first-order valence-electron chi connectivity index (χ1n) is 19.2. The van der Waals surface area contributed by atoms with E-state index >= 15 is 0 Å². The maximum absolute atomic E-state index is 9.38. The van der Waals surface area contributed by atoms with Crippen LogP contribution < -0.4 is 4.74 Å². The number of hydrogen-bond donors (Lipinski definition) is 0. The molecule has 5 nitrogen and oxygen atoms in total. The number of aromatic nitrogens is 3. The molecule has 0 atom stereocenters. The van der Waals surface area contributed by atoms with E-state index in [1.165, 1.54) is 11.1 Å². The van der Waals surface area contributed by atoms with E-state index in [1.807, 2.05) is 60.7 Å². The smallest absolute Gasteiger partial charge is 0.164 e. The summed E-state index contributed by atoms with van der Waals surface area (Å²) in [5, 5.41) is 9.38. The van der Waals surface area contributed by atoms with Gasteiger partial charge in [0, 0.05) is 33.4 Å². The van der Waals surface area contributed by atoms with E-state index < -0.39 is 5.41 Å². The monoisotopic (exact) mass is 742 g/mol. The Morgan fingerprint density at radius 3 is 1.50 bits per heavy atom. The van der Waals surface area contributed by atoms with Gasteiger partial charge in [-0.15, -0.1) is 0 Å². The van der Waals surface area contributed by atoms with Gasteiger partial charge in [0.15, 0.2) is 17.5 Å². The molecular formula is C53H34N4O. The number of ether oxygens (including phenoxy) is 1. The second-order valence-electron chi connectivity index (χ2n) is 14.3. The van der Waals surface area contributed by atoms with Crippen molar-refractivity contribution in [2.45, 2.75) is 5.41 Å². The van der Waals surface area contributed by atoms with Crippen LogP contribution in [0.5, 0.6) is 11.5 Å². The van der Waals surface area contributed by atoms with E-state index in [4.69, 9.17) is 19.7 Å². The topological polar surface area (TPSA) is 71.7 Å². The van der Waals surface area contributed by atoms with Crippen LogP contribution in [0.3, 0.4) is 0 Å². The zero-order chi connectivity index (χ0) is 38.9. The molecule has 0 spiro atoms. The van der Waals surface area contributed by atoms with Gasteiger partial charge in [-0.25, -0.2) is 15.0 Å². The summed E-state index contributed by atoms with van der Waals surface area (Å²) in [5.41, 5.74) is 11.2. The summed E-state index contributed by atoms with van der Waals surface area (Å²) in [6.07, 6.45) is 0. The first-order valence-corrected chi connectivity index (χ1v) is 19.2. The van der Waals surface area contributed by atoms with Gasteiger partial charge in [0.25, 0.3) is 0 Å². The predicted molar refractivity (Wildman–Crippen MR) is 230 cm³/mol. The van der Waals surface area contributed by atoms with Crippen molar-refractivity contribution in [1.29, 1.82) is 5.26 Å². The van der Waals surface area contributed by atoms with Crippen molar-refractivity contribution in [2.75, 3.05) is 0 Å². The van der Waals surface area contributed by atoms with Crippen LogP contribution in [0.4, 0.5) is 0 Å². The SMILES string of the molecule is N#Cc1ccc(-c2nc(-c3ccccc3)nc(-c3cccc(-c4cccc(-c5cccc6c5Oc5ccccc5C6(c5ccccc5)c5ccccc5)c4)c3)n2)cc1. The van der Waals surface area contributed by atoms with Crippen LogP contribution in [0, 0.1) is 11.3 Å². The lowest BCUT2D eigenvalue weighted by Crippen LogP contribution is -2.34. The Kier molecular flexibility index (Phi) is 8.70. The maximum Gasteiger partial charge on any atom is 0.164 e. The Bertz CT molecular complexity index is 2940. The van der Waals surface area contributed by atoms with E-state index in [9.17, 15) is 5.26 Å². The zero-order valence-electron chi connectivity index (χ0n) is 31.3. The number of nitriles is 1. The van der Waals surface area contributed by atoms with Crippen LogP contribution >= 0.6 is 0 Å². The minimum Gasteiger partial charge on any atom is -0.456 e. The number of para-hydroxylation sites is 2. The standard InChI is InChI=1S/C53H34N4O/c54-35-36-29-31-38(32-30-36)51-55-50(37-15-4-1-5-16-37)56-52(57-51)42-20-13-18-40(34-42)39-17-12-19-41(33-39)45-25-14-27-47-49(45)58-48-28-11-10-26-46(48)53(47,43-21-6-2-7-22-43)44-23-8-3-9-24-44/h1-34H. The lowest BCUT2D eigenvalue weighted by molar-refractivity contribution is 0.436. The molecule has 0 unspecified atom stereocenters. The molecule has 0 bridgehead atoms. The fourth-order valence-corrected chi connectivity index (χ4v) is 8.20. The third-order valence-electron chi connectivity index (χ3n) is 10.9. The molecule has 1 aliphatic heterocycles. The molecule has 9 aromatic rings. The van der Waals surface area contributed by atoms with Crippen LogP contribution in [-0.4, -0.2) is 15.0 Å². The van der Waals surface area contributed by atoms with Crippen molar-refractivity contribution in [1.82, 2.24) is 15.0 Å². The van der Waals surface area contributed by atoms with Gasteiger partial charge in [-0.3, -0.25) is 0 Å². The number of benzene rings is 8. The van der Waals surface area contributed by atoms with Gasteiger partial charge in [-0.1, -0.05) is 164 Å². The molecule has 10 rings (SSSR count). The second-order valence-corrected chi connectivity index (χ2v) is 14.3. The molecule has 0 saturated carbocycles. The number of hydrogen-bond acceptors (Lipinski definition) is 5. The summed E-state index contributed by atoms with van der Waals surface area (Å²) < 4.78 is 6.95. The van der Waals surface area contributed by atoms with E-state index in [0.29, 0.717) is 23.0 Å². The quantitative estimate of drug-likeness (QED) is 0.163. The van der Waals surface area contributed by atoms with E-state index in [2.05, 4.69) is 140 Å². The minimum atomic E-state index is -0.603. The first-order chi connectivity index (χ1) is 28.7. The Morgan fingerprint density at radius 2 is 0.862 bits per heavy atom. The molecule has 1 aromatic heterocycles. The van der Waals surface area contributed by atoms with Crippen LogP contribution in [-0.2, 0) is 5.41 Å². The molecule has 0 amide bonds. The third kappa shape index (κ3) is 6.01. The Balaban J connectivity index is 1.09. The molecule has 0 aliphatic carbocycles. The molecule has 0 N–H and O–H groups in total. The fourth-order valence-electron chi connectivity index (χ4n) is 8.20. The molecule has 0 radical (unpaired) electrons. The van der Waals surface area contributed by atoms with Gasteiger partial charge in [-0.05, 0) is 70.3 Å². The van der Waals surface area contributed by atoms with Crippen LogP contribution in [0.2, 0.25) is 0 Å². The highest BCUT2D eigenvalue weighted by Gasteiger charge is 2.45. The Hall–Kier alpha value is -7.94. The van der Waals surface area contributed by atoms with Crippen LogP contribution in [0.1, 0.15) is 27.8 Å². The van der Waals surface area contributed by atoms with Gasteiger partial charge in [0.05, 0.1) is 17.0 Å². The lowest BCUT2D eigenvalue weighted by atomic mass is 9.63. The number of fused-ring (bicyclic) bond motifs is 2. The molecule has 1 aliphatic rings. The Labute approximate surface area is 337 Å². The van der Waals surface area contributed by atoms with Crippen LogP contribution in [0.25, 0.3) is 56.4 Å². The van der Waals surface area contributed by atoms with Crippen molar-refractivity contribution < 1.29 is 4.74 Å². The lowest BCUT2D eigenvalue weighted by Gasteiger charge is -2.42.